The van der Waals surface area contributed by atoms with Gasteiger partial charge in [0, 0.05) is 6.07 Å². The Bertz CT molecular complexity index is 566. The predicted octanol–water partition coefficient (Wildman–Crippen LogP) is 3.86. The number of hydrogen-bond donors (Lipinski definition) is 1. The lowest BCUT2D eigenvalue weighted by Crippen LogP contribution is -2.23. The van der Waals surface area contributed by atoms with Crippen molar-refractivity contribution < 1.29 is 8.78 Å². The fourth-order valence-corrected chi connectivity index (χ4v) is 3.04. The molecule has 0 saturated heterocycles. The van der Waals surface area contributed by atoms with Gasteiger partial charge in [-0.2, -0.15) is 0 Å². The Morgan fingerprint density at radius 3 is 2.48 bits per heavy atom. The van der Waals surface area contributed by atoms with Gasteiger partial charge in [-0.25, -0.2) is 8.78 Å². The first-order valence-corrected chi connectivity index (χ1v) is 7.93. The molecule has 114 valence electrons. The summed E-state index contributed by atoms with van der Waals surface area (Å²) in [6.45, 7) is 4.87. The third-order valence-electron chi connectivity index (χ3n) is 3.15. The topological polar surface area (TPSA) is 37.8 Å². The van der Waals surface area contributed by atoms with Gasteiger partial charge in [0.1, 0.15) is 11.6 Å². The molecule has 1 unspecified atom stereocenters. The average molecular weight is 311 g/mol. The molecule has 6 heteroatoms. The molecule has 1 atom stereocenters. The van der Waals surface area contributed by atoms with Gasteiger partial charge in [-0.15, -0.1) is 5.10 Å². The van der Waals surface area contributed by atoms with Gasteiger partial charge in [0.25, 0.3) is 0 Å². The second kappa shape index (κ2) is 7.56. The van der Waals surface area contributed by atoms with Gasteiger partial charge in [0.15, 0.2) is 0 Å². The highest BCUT2D eigenvalue weighted by Crippen LogP contribution is 2.29. The van der Waals surface area contributed by atoms with Crippen molar-refractivity contribution >= 4 is 11.5 Å². The van der Waals surface area contributed by atoms with Gasteiger partial charge in [0.05, 0.1) is 16.6 Å². The molecule has 0 bridgehead atoms. The first-order valence-electron chi connectivity index (χ1n) is 7.16. The van der Waals surface area contributed by atoms with E-state index in [1.807, 2.05) is 6.92 Å². The van der Waals surface area contributed by atoms with E-state index in [-0.39, 0.29) is 6.04 Å². The van der Waals surface area contributed by atoms with Gasteiger partial charge >= 0.3 is 0 Å². The molecule has 1 N–H and O–H groups in total. The van der Waals surface area contributed by atoms with Gasteiger partial charge < -0.3 is 5.32 Å². The number of nitrogens with zero attached hydrogens (tertiary/aromatic N) is 2. The zero-order valence-corrected chi connectivity index (χ0v) is 13.0. The normalized spacial score (nSPS) is 12.6. The summed E-state index contributed by atoms with van der Waals surface area (Å²) in [5, 5.41) is 7.48. The Morgan fingerprint density at radius 1 is 1.14 bits per heavy atom. The molecule has 0 amide bonds. The number of halogens is 2. The summed E-state index contributed by atoms with van der Waals surface area (Å²) in [5.74, 6) is -1.13. The molecule has 2 aromatic rings. The van der Waals surface area contributed by atoms with E-state index >= 15 is 0 Å². The number of rotatable bonds is 7. The molecule has 0 spiro atoms. The van der Waals surface area contributed by atoms with Crippen LogP contribution in [0.25, 0.3) is 0 Å². The molecular weight excluding hydrogens is 292 g/mol. The number of aryl methyl sites for hydroxylation is 1. The van der Waals surface area contributed by atoms with Crippen LogP contribution in [0.5, 0.6) is 0 Å². The molecule has 0 fully saturated rings. The SMILES string of the molecule is CCCNC(c1cc(F)cc(F)c1)c1snnc1CCC. The maximum Gasteiger partial charge on any atom is 0.126 e. The van der Waals surface area contributed by atoms with Crippen LogP contribution in [0, 0.1) is 11.6 Å². The van der Waals surface area contributed by atoms with Crippen molar-refractivity contribution in [1.29, 1.82) is 0 Å². The molecule has 0 radical (unpaired) electrons. The van der Waals surface area contributed by atoms with Crippen molar-refractivity contribution in [2.24, 2.45) is 0 Å². The molecule has 0 saturated carbocycles. The van der Waals surface area contributed by atoms with E-state index in [9.17, 15) is 8.78 Å². The minimum atomic E-state index is -0.567. The predicted molar refractivity (Wildman–Crippen MR) is 80.4 cm³/mol. The number of benzene rings is 1. The lowest BCUT2D eigenvalue weighted by Gasteiger charge is -2.18. The highest BCUT2D eigenvalue weighted by molar-refractivity contribution is 7.05. The smallest absolute Gasteiger partial charge is 0.126 e. The Labute approximate surface area is 127 Å². The van der Waals surface area contributed by atoms with Gasteiger partial charge in [-0.1, -0.05) is 24.8 Å². The van der Waals surface area contributed by atoms with Crippen LogP contribution >= 0.6 is 11.5 Å². The molecule has 0 aliphatic heterocycles. The lowest BCUT2D eigenvalue weighted by molar-refractivity contribution is 0.559. The molecule has 2 rings (SSSR count). The zero-order chi connectivity index (χ0) is 15.2. The van der Waals surface area contributed by atoms with Crippen molar-refractivity contribution in [2.75, 3.05) is 6.54 Å². The molecule has 0 aliphatic rings. The fourth-order valence-electron chi connectivity index (χ4n) is 2.24. The van der Waals surface area contributed by atoms with Crippen LogP contribution in [0.1, 0.15) is 48.9 Å². The van der Waals surface area contributed by atoms with E-state index in [2.05, 4.69) is 21.8 Å². The first-order chi connectivity index (χ1) is 10.2. The molecule has 3 nitrogen and oxygen atoms in total. The standard InChI is InChI=1S/C15H19F2N3S/c1-3-5-13-15(21-20-19-13)14(18-6-4-2)10-7-11(16)9-12(17)8-10/h7-9,14,18H,3-6H2,1-2H3. The average Bonchev–Trinajstić information content (AvgIpc) is 2.87. The second-order valence-electron chi connectivity index (χ2n) is 4.92. The van der Waals surface area contributed by atoms with Crippen LogP contribution in [0.3, 0.4) is 0 Å². The van der Waals surface area contributed by atoms with Crippen LogP contribution in [-0.4, -0.2) is 16.1 Å². The quantitative estimate of drug-likeness (QED) is 0.844. The van der Waals surface area contributed by atoms with E-state index in [0.29, 0.717) is 5.56 Å². The van der Waals surface area contributed by atoms with Crippen LogP contribution in [0.2, 0.25) is 0 Å². The van der Waals surface area contributed by atoms with Crippen LogP contribution < -0.4 is 5.32 Å². The minimum absolute atomic E-state index is 0.267. The van der Waals surface area contributed by atoms with Crippen molar-refractivity contribution in [1.82, 2.24) is 14.9 Å². The van der Waals surface area contributed by atoms with Crippen molar-refractivity contribution in [3.63, 3.8) is 0 Å². The van der Waals surface area contributed by atoms with Gasteiger partial charge in [-0.3, -0.25) is 0 Å². The lowest BCUT2D eigenvalue weighted by atomic mass is 10.0. The molecule has 21 heavy (non-hydrogen) atoms. The fraction of sp³-hybridized carbons (Fsp3) is 0.467. The Kier molecular flexibility index (Phi) is 5.76. The second-order valence-corrected chi connectivity index (χ2v) is 5.71. The molecule has 1 aromatic carbocycles. The first kappa shape index (κ1) is 16.0. The largest absolute Gasteiger partial charge is 0.305 e. The summed E-state index contributed by atoms with van der Waals surface area (Å²) in [6, 6.07) is 3.35. The summed E-state index contributed by atoms with van der Waals surface area (Å²) < 4.78 is 31.0. The third kappa shape index (κ3) is 4.04. The van der Waals surface area contributed by atoms with E-state index in [1.165, 1.54) is 23.7 Å². The summed E-state index contributed by atoms with van der Waals surface area (Å²) in [7, 11) is 0. The number of nitrogens with one attached hydrogen (secondary N) is 1. The van der Waals surface area contributed by atoms with Gasteiger partial charge in [-0.05, 0) is 48.6 Å². The summed E-state index contributed by atoms with van der Waals surface area (Å²) in [4.78, 5) is 0.940. The molecule has 1 heterocycles. The van der Waals surface area contributed by atoms with Crippen molar-refractivity contribution in [2.45, 2.75) is 39.2 Å². The van der Waals surface area contributed by atoms with Crippen LogP contribution in [0.15, 0.2) is 18.2 Å². The zero-order valence-electron chi connectivity index (χ0n) is 12.2. The highest BCUT2D eigenvalue weighted by atomic mass is 32.1. The maximum atomic E-state index is 13.5. The highest BCUT2D eigenvalue weighted by Gasteiger charge is 2.21. The third-order valence-corrected chi connectivity index (χ3v) is 3.98. The van der Waals surface area contributed by atoms with E-state index in [4.69, 9.17) is 0 Å². The monoisotopic (exact) mass is 311 g/mol. The summed E-state index contributed by atoms with van der Waals surface area (Å²) in [5.41, 5.74) is 1.48. The Hall–Kier alpha value is -1.40. The number of hydrogen-bond acceptors (Lipinski definition) is 4. The van der Waals surface area contributed by atoms with Crippen LogP contribution in [-0.2, 0) is 6.42 Å². The molecular formula is C15H19F2N3S. The summed E-state index contributed by atoms with van der Waals surface area (Å²) >= 11 is 1.29. The van der Waals surface area contributed by atoms with E-state index in [1.54, 1.807) is 0 Å². The molecule has 1 aromatic heterocycles. The Morgan fingerprint density at radius 2 is 1.86 bits per heavy atom. The minimum Gasteiger partial charge on any atom is -0.305 e. The Balaban J connectivity index is 2.39. The molecule has 0 aliphatic carbocycles. The van der Waals surface area contributed by atoms with Gasteiger partial charge in [0.2, 0.25) is 0 Å². The van der Waals surface area contributed by atoms with Crippen molar-refractivity contribution in [3.05, 3.63) is 46.0 Å². The van der Waals surface area contributed by atoms with Crippen molar-refractivity contribution in [3.8, 4) is 0 Å². The maximum absolute atomic E-state index is 13.5. The number of aromatic nitrogens is 2. The summed E-state index contributed by atoms with van der Waals surface area (Å²) in [6.07, 6.45) is 2.70. The van der Waals surface area contributed by atoms with E-state index in [0.717, 1.165) is 42.4 Å². The van der Waals surface area contributed by atoms with E-state index < -0.39 is 11.6 Å². The van der Waals surface area contributed by atoms with Crippen LogP contribution in [0.4, 0.5) is 8.78 Å².